The molecule has 26 heavy (non-hydrogen) atoms. The predicted octanol–water partition coefficient (Wildman–Crippen LogP) is 5.18. The normalized spacial score (nSPS) is 11.8. The number of aryl methyl sites for hydroxylation is 2. The number of hydrogen-bond acceptors (Lipinski definition) is 2. The van der Waals surface area contributed by atoms with Crippen LogP contribution in [0.15, 0.2) is 40.9 Å². The van der Waals surface area contributed by atoms with Crippen molar-refractivity contribution >= 4 is 22.1 Å². The quantitative estimate of drug-likeness (QED) is 0.367. The Kier molecular flexibility index (Phi) is 3.75. The van der Waals surface area contributed by atoms with E-state index in [2.05, 4.69) is 31.0 Å². The van der Waals surface area contributed by atoms with Crippen LogP contribution >= 0.6 is 0 Å². The van der Waals surface area contributed by atoms with Gasteiger partial charge in [0.2, 0.25) is 17.4 Å². The minimum atomic E-state index is -0.650. The summed E-state index contributed by atoms with van der Waals surface area (Å²) < 4.78 is 36.0. The third-order valence-electron chi connectivity index (χ3n) is 4.82. The maximum atomic E-state index is 14.7. The Balaban J connectivity index is 2.14. The van der Waals surface area contributed by atoms with Gasteiger partial charge in [0.15, 0.2) is 11.8 Å². The number of aromatic nitrogens is 2. The fourth-order valence-corrected chi connectivity index (χ4v) is 3.39. The van der Waals surface area contributed by atoms with Gasteiger partial charge in [-0.2, -0.15) is 9.37 Å². The zero-order valence-electron chi connectivity index (χ0n) is 15.1. The molecule has 4 rings (SSSR count). The Bertz CT molecular complexity index is 1160. The average molecular weight is 353 g/mol. The van der Waals surface area contributed by atoms with Crippen LogP contribution in [0, 0.1) is 18.7 Å². The Morgan fingerprint density at radius 1 is 1.12 bits per heavy atom. The molecule has 5 heteroatoms. The van der Waals surface area contributed by atoms with E-state index >= 15 is 0 Å². The number of nitrogens with zero attached hydrogens (tertiary/aromatic N) is 2. The van der Waals surface area contributed by atoms with Crippen molar-refractivity contribution in [1.82, 2.24) is 4.98 Å². The summed E-state index contributed by atoms with van der Waals surface area (Å²) in [5.41, 5.74) is 4.14. The maximum Gasteiger partial charge on any atom is 0.230 e. The summed E-state index contributed by atoms with van der Waals surface area (Å²) in [6.45, 7) is 6.10. The highest BCUT2D eigenvalue weighted by molar-refractivity contribution is 6.09. The second-order valence-electron chi connectivity index (χ2n) is 6.95. The third-order valence-corrected chi connectivity index (χ3v) is 4.82. The van der Waals surface area contributed by atoms with E-state index in [1.165, 1.54) is 23.8 Å². The number of fused-ring (bicyclic) bond motifs is 3. The molecule has 0 fully saturated rings. The van der Waals surface area contributed by atoms with E-state index in [9.17, 15) is 8.78 Å². The molecule has 132 valence electrons. The van der Waals surface area contributed by atoms with Gasteiger partial charge >= 0.3 is 0 Å². The van der Waals surface area contributed by atoms with Crippen LogP contribution in [0.4, 0.5) is 8.78 Å². The van der Waals surface area contributed by atoms with Crippen molar-refractivity contribution in [1.29, 1.82) is 0 Å². The molecule has 0 aliphatic carbocycles. The minimum Gasteiger partial charge on any atom is -0.437 e. The van der Waals surface area contributed by atoms with Crippen molar-refractivity contribution in [2.24, 2.45) is 7.05 Å². The highest BCUT2D eigenvalue weighted by Gasteiger charge is 2.24. The molecule has 0 radical (unpaired) electrons. The molecule has 0 amide bonds. The predicted molar refractivity (Wildman–Crippen MR) is 96.9 cm³/mol. The SMILES string of the molecule is Cc1cc(F)c2c(oc3nc(F)ccc32)c1-c1cc(C(C)C)cc[n+]1C. The molecule has 0 unspecified atom stereocenters. The molecule has 0 atom stereocenters. The standard InChI is InChI=1S/C21H19F2N2O/c1-11(2)13-7-8-25(4)16(10-13)18-12(3)9-15(22)19-14-5-6-17(23)24-21(14)26-20(18)19/h5-11H,1-4H3/q+1. The first-order valence-corrected chi connectivity index (χ1v) is 8.54. The lowest BCUT2D eigenvalue weighted by Crippen LogP contribution is -2.31. The topological polar surface area (TPSA) is 29.9 Å². The van der Waals surface area contributed by atoms with Crippen molar-refractivity contribution in [3.05, 3.63) is 59.4 Å². The first-order chi connectivity index (χ1) is 12.4. The first kappa shape index (κ1) is 16.6. The van der Waals surface area contributed by atoms with E-state index in [0.717, 1.165) is 16.8 Å². The largest absolute Gasteiger partial charge is 0.437 e. The van der Waals surface area contributed by atoms with Gasteiger partial charge in [-0.1, -0.05) is 13.8 Å². The van der Waals surface area contributed by atoms with Gasteiger partial charge in [-0.15, -0.1) is 0 Å². The van der Waals surface area contributed by atoms with Gasteiger partial charge in [0.1, 0.15) is 12.9 Å². The summed E-state index contributed by atoms with van der Waals surface area (Å²) in [5, 5.41) is 0.811. The number of benzene rings is 1. The van der Waals surface area contributed by atoms with Crippen molar-refractivity contribution in [2.75, 3.05) is 0 Å². The van der Waals surface area contributed by atoms with Gasteiger partial charge in [0, 0.05) is 12.1 Å². The second-order valence-corrected chi connectivity index (χ2v) is 6.95. The summed E-state index contributed by atoms with van der Waals surface area (Å²) in [6, 6.07) is 8.38. The van der Waals surface area contributed by atoms with E-state index in [1.807, 2.05) is 24.7 Å². The Morgan fingerprint density at radius 2 is 1.88 bits per heavy atom. The molecule has 0 saturated heterocycles. The molecule has 3 aromatic heterocycles. The van der Waals surface area contributed by atoms with Gasteiger partial charge in [0.05, 0.1) is 16.3 Å². The Morgan fingerprint density at radius 3 is 2.62 bits per heavy atom. The third kappa shape index (κ3) is 2.46. The maximum absolute atomic E-state index is 14.7. The lowest BCUT2D eigenvalue weighted by Gasteiger charge is -2.09. The highest BCUT2D eigenvalue weighted by atomic mass is 19.1. The fraction of sp³-hybridized carbons (Fsp3) is 0.238. The van der Waals surface area contributed by atoms with Crippen molar-refractivity contribution in [3.63, 3.8) is 0 Å². The molecule has 3 heterocycles. The molecule has 4 aromatic rings. The van der Waals surface area contributed by atoms with Crippen molar-refractivity contribution < 1.29 is 17.8 Å². The Labute approximate surface area is 149 Å². The summed E-state index contributed by atoms with van der Waals surface area (Å²) >= 11 is 0. The number of halogens is 2. The summed E-state index contributed by atoms with van der Waals surface area (Å²) in [4.78, 5) is 3.78. The number of hydrogen-bond donors (Lipinski definition) is 0. The summed E-state index contributed by atoms with van der Waals surface area (Å²) in [6.07, 6.45) is 1.99. The monoisotopic (exact) mass is 353 g/mol. The van der Waals surface area contributed by atoms with E-state index in [4.69, 9.17) is 4.42 Å². The molecule has 0 aliphatic heterocycles. The average Bonchev–Trinajstić information content (AvgIpc) is 2.94. The smallest absolute Gasteiger partial charge is 0.230 e. The van der Waals surface area contributed by atoms with Gasteiger partial charge in [-0.05, 0) is 42.2 Å². The van der Waals surface area contributed by atoms with Crippen LogP contribution in [0.25, 0.3) is 33.3 Å². The van der Waals surface area contributed by atoms with Crippen LogP contribution < -0.4 is 4.57 Å². The highest BCUT2D eigenvalue weighted by Crippen LogP contribution is 2.38. The van der Waals surface area contributed by atoms with E-state index in [0.29, 0.717) is 22.3 Å². The number of rotatable bonds is 2. The molecule has 0 saturated carbocycles. The van der Waals surface area contributed by atoms with Gasteiger partial charge in [-0.3, -0.25) is 0 Å². The zero-order chi connectivity index (χ0) is 18.6. The van der Waals surface area contributed by atoms with E-state index < -0.39 is 11.8 Å². The van der Waals surface area contributed by atoms with Gasteiger partial charge < -0.3 is 4.42 Å². The number of furan rings is 1. The van der Waals surface area contributed by atoms with Crippen LogP contribution in [0.5, 0.6) is 0 Å². The van der Waals surface area contributed by atoms with E-state index in [-0.39, 0.29) is 5.71 Å². The Hall–Kier alpha value is -2.82. The molecule has 0 aliphatic rings. The lowest BCUT2D eigenvalue weighted by atomic mass is 9.97. The fourth-order valence-electron chi connectivity index (χ4n) is 3.39. The van der Waals surface area contributed by atoms with Crippen molar-refractivity contribution in [3.8, 4) is 11.3 Å². The lowest BCUT2D eigenvalue weighted by molar-refractivity contribution is -0.660. The zero-order valence-corrected chi connectivity index (χ0v) is 15.1. The minimum absolute atomic E-state index is 0.105. The van der Waals surface area contributed by atoms with Crippen LogP contribution in [0.1, 0.15) is 30.9 Å². The second kappa shape index (κ2) is 5.87. The molecule has 0 bridgehead atoms. The summed E-state index contributed by atoms with van der Waals surface area (Å²) in [7, 11) is 1.94. The van der Waals surface area contributed by atoms with Gasteiger partial charge in [0.25, 0.3) is 0 Å². The molecule has 3 nitrogen and oxygen atoms in total. The van der Waals surface area contributed by atoms with Crippen LogP contribution in [0.3, 0.4) is 0 Å². The van der Waals surface area contributed by atoms with E-state index in [1.54, 1.807) is 0 Å². The molecule has 1 aromatic carbocycles. The van der Waals surface area contributed by atoms with Crippen molar-refractivity contribution in [2.45, 2.75) is 26.7 Å². The number of pyridine rings is 2. The first-order valence-electron chi connectivity index (χ1n) is 8.54. The van der Waals surface area contributed by atoms with Gasteiger partial charge in [-0.25, -0.2) is 8.96 Å². The van der Waals surface area contributed by atoms with Crippen LogP contribution in [-0.2, 0) is 7.05 Å². The molecule has 0 N–H and O–H groups in total. The summed E-state index contributed by atoms with van der Waals surface area (Å²) in [5.74, 6) is -0.684. The molecule has 0 spiro atoms. The van der Waals surface area contributed by atoms with Crippen LogP contribution in [-0.4, -0.2) is 4.98 Å². The molecular formula is C21H19F2N2O+. The van der Waals surface area contributed by atoms with Crippen LogP contribution in [0.2, 0.25) is 0 Å². The molecular weight excluding hydrogens is 334 g/mol.